The summed E-state index contributed by atoms with van der Waals surface area (Å²) in [6, 6.07) is 22.4. The number of pyridine rings is 1. The third kappa shape index (κ3) is 5.12. The molecular weight excluding hydrogens is 502 g/mol. The molecule has 0 spiro atoms. The molecule has 1 aliphatic heterocycles. The van der Waals surface area contributed by atoms with E-state index < -0.39 is 11.0 Å². The van der Waals surface area contributed by atoms with Gasteiger partial charge in [0.2, 0.25) is 5.91 Å². The minimum Gasteiger partial charge on any atom is -0.459 e. The second kappa shape index (κ2) is 10.8. The highest BCUT2D eigenvalue weighted by atomic mass is 32.1. The molecule has 2 aromatic carbocycles. The van der Waals surface area contributed by atoms with Gasteiger partial charge in [0.25, 0.3) is 5.69 Å². The third-order valence-electron chi connectivity index (χ3n) is 6.48. The normalized spacial score (nSPS) is 16.8. The molecule has 1 amide bonds. The number of nitrogens with one attached hydrogen (secondary N) is 2. The predicted molar refractivity (Wildman–Crippen MR) is 147 cm³/mol. The molecule has 1 saturated heterocycles. The lowest BCUT2D eigenvalue weighted by molar-refractivity contribution is -0.384. The molecule has 0 saturated carbocycles. The van der Waals surface area contributed by atoms with E-state index in [1.165, 1.54) is 6.07 Å². The van der Waals surface area contributed by atoms with Gasteiger partial charge in [-0.15, -0.1) is 0 Å². The molecule has 2 aromatic heterocycles. The first-order chi connectivity index (χ1) is 18.4. The number of rotatable bonds is 8. The number of anilines is 1. The van der Waals surface area contributed by atoms with E-state index in [1.54, 1.807) is 36.5 Å². The van der Waals surface area contributed by atoms with Crippen LogP contribution in [0.1, 0.15) is 35.5 Å². The summed E-state index contributed by atoms with van der Waals surface area (Å²) in [5, 5.41) is 18.3. The van der Waals surface area contributed by atoms with Crippen LogP contribution in [0, 0.1) is 17.0 Å². The van der Waals surface area contributed by atoms with E-state index in [-0.39, 0.29) is 24.1 Å². The van der Waals surface area contributed by atoms with Crippen LogP contribution in [-0.2, 0) is 4.79 Å². The lowest BCUT2D eigenvalue weighted by atomic mass is 10.0. The second-order valence-corrected chi connectivity index (χ2v) is 9.30. The van der Waals surface area contributed by atoms with Crippen molar-refractivity contribution < 1.29 is 14.1 Å². The summed E-state index contributed by atoms with van der Waals surface area (Å²) in [7, 11) is 0. The van der Waals surface area contributed by atoms with Crippen LogP contribution >= 0.6 is 12.2 Å². The van der Waals surface area contributed by atoms with Gasteiger partial charge in [0, 0.05) is 30.9 Å². The molecule has 0 radical (unpaired) electrons. The zero-order valence-corrected chi connectivity index (χ0v) is 21.4. The van der Waals surface area contributed by atoms with Gasteiger partial charge >= 0.3 is 0 Å². The number of aromatic nitrogens is 1. The highest BCUT2D eigenvalue weighted by Crippen LogP contribution is 2.41. The Hall–Kier alpha value is -4.57. The number of nitrogens with zero attached hydrogens (tertiary/aromatic N) is 3. The summed E-state index contributed by atoms with van der Waals surface area (Å²) in [6.07, 6.45) is 1.90. The van der Waals surface area contributed by atoms with E-state index >= 15 is 0 Å². The monoisotopic (exact) mass is 527 g/mol. The van der Waals surface area contributed by atoms with E-state index in [1.807, 2.05) is 54.3 Å². The molecule has 2 atom stereocenters. The van der Waals surface area contributed by atoms with Crippen LogP contribution in [-0.4, -0.2) is 32.4 Å². The molecule has 5 rings (SSSR count). The largest absolute Gasteiger partial charge is 0.459 e. The van der Waals surface area contributed by atoms with Crippen LogP contribution in [0.4, 0.5) is 11.4 Å². The van der Waals surface area contributed by atoms with Gasteiger partial charge in [-0.2, -0.15) is 0 Å². The van der Waals surface area contributed by atoms with Gasteiger partial charge in [-0.3, -0.25) is 19.9 Å². The van der Waals surface area contributed by atoms with Gasteiger partial charge in [0.1, 0.15) is 17.6 Å². The minimum absolute atomic E-state index is 0.0422. The highest BCUT2D eigenvalue weighted by molar-refractivity contribution is 7.80. The first-order valence-electron chi connectivity index (χ1n) is 12.1. The Kier molecular flexibility index (Phi) is 7.14. The molecule has 1 aliphatic rings. The van der Waals surface area contributed by atoms with Crippen LogP contribution in [0.5, 0.6) is 0 Å². The number of nitro groups is 1. The molecule has 192 valence electrons. The number of amides is 1. The molecule has 0 unspecified atom stereocenters. The van der Waals surface area contributed by atoms with Crippen molar-refractivity contribution in [2.45, 2.75) is 25.4 Å². The molecular formula is C28H25N5O4S. The average molecular weight is 528 g/mol. The summed E-state index contributed by atoms with van der Waals surface area (Å²) < 4.78 is 6.22. The zero-order chi connectivity index (χ0) is 26.6. The summed E-state index contributed by atoms with van der Waals surface area (Å²) >= 11 is 5.68. The molecule has 9 nitrogen and oxygen atoms in total. The molecule has 3 heterocycles. The van der Waals surface area contributed by atoms with Gasteiger partial charge in [-0.25, -0.2) is 0 Å². The number of furan rings is 1. The van der Waals surface area contributed by atoms with Crippen molar-refractivity contribution in [3.8, 4) is 11.3 Å². The number of carbonyl (C=O) groups excluding carboxylic acids is 1. The van der Waals surface area contributed by atoms with Gasteiger partial charge in [0.15, 0.2) is 5.11 Å². The van der Waals surface area contributed by atoms with Crippen molar-refractivity contribution in [3.05, 3.63) is 112 Å². The Morgan fingerprint density at radius 2 is 1.87 bits per heavy atom. The van der Waals surface area contributed by atoms with Crippen molar-refractivity contribution in [2.24, 2.45) is 0 Å². The third-order valence-corrected chi connectivity index (χ3v) is 6.83. The maximum Gasteiger partial charge on any atom is 0.280 e. The van der Waals surface area contributed by atoms with Crippen molar-refractivity contribution in [1.82, 2.24) is 15.2 Å². The topological polar surface area (TPSA) is 114 Å². The summed E-state index contributed by atoms with van der Waals surface area (Å²) in [6.45, 7) is 2.27. The number of carbonyl (C=O) groups is 1. The minimum atomic E-state index is -0.431. The van der Waals surface area contributed by atoms with Crippen molar-refractivity contribution in [3.63, 3.8) is 0 Å². The van der Waals surface area contributed by atoms with E-state index in [0.29, 0.717) is 28.7 Å². The Morgan fingerprint density at radius 3 is 2.63 bits per heavy atom. The van der Waals surface area contributed by atoms with Gasteiger partial charge < -0.3 is 20.0 Å². The van der Waals surface area contributed by atoms with Crippen LogP contribution in [0.2, 0.25) is 0 Å². The quantitative estimate of drug-likeness (QED) is 0.174. The molecule has 2 N–H and O–H groups in total. The number of hydrogen-bond acceptors (Lipinski definition) is 6. The number of aryl methyl sites for hydroxylation is 1. The van der Waals surface area contributed by atoms with Crippen molar-refractivity contribution in [1.29, 1.82) is 0 Å². The van der Waals surface area contributed by atoms with E-state index in [4.69, 9.17) is 16.6 Å². The highest BCUT2D eigenvalue weighted by Gasteiger charge is 2.41. The lowest BCUT2D eigenvalue weighted by Gasteiger charge is -2.26. The average Bonchev–Trinajstić information content (AvgIpc) is 3.53. The summed E-state index contributed by atoms with van der Waals surface area (Å²) in [4.78, 5) is 30.4. The summed E-state index contributed by atoms with van der Waals surface area (Å²) in [5.41, 5.74) is 2.85. The van der Waals surface area contributed by atoms with Crippen LogP contribution < -0.4 is 10.6 Å². The van der Waals surface area contributed by atoms with Gasteiger partial charge in [-0.05, 0) is 61.1 Å². The SMILES string of the molecule is Cc1ccccc1NC(=O)CCN1C(=S)N[C@H](c2ccccn2)[C@@H]1c1ccc(-c2ccccc2[N+](=O)[O-])o1. The van der Waals surface area contributed by atoms with Crippen molar-refractivity contribution in [2.75, 3.05) is 11.9 Å². The van der Waals surface area contributed by atoms with Crippen LogP contribution in [0.15, 0.2) is 89.5 Å². The molecule has 0 aliphatic carbocycles. The lowest BCUT2D eigenvalue weighted by Crippen LogP contribution is -2.32. The Bertz CT molecular complexity index is 1490. The number of nitro benzene ring substituents is 1. The van der Waals surface area contributed by atoms with Gasteiger partial charge in [0.05, 0.1) is 22.2 Å². The number of benzene rings is 2. The van der Waals surface area contributed by atoms with Crippen molar-refractivity contribution >= 4 is 34.6 Å². The molecule has 10 heteroatoms. The molecule has 4 aromatic rings. The maximum atomic E-state index is 12.8. The van der Waals surface area contributed by atoms with Crippen LogP contribution in [0.25, 0.3) is 11.3 Å². The van der Waals surface area contributed by atoms with E-state index in [9.17, 15) is 14.9 Å². The standard InChI is InChI=1S/C28H25N5O4S/c1-18-8-2-4-10-20(18)30-25(34)15-17-32-27(26(31-28(32)38)21-11-6-7-16-29-21)24-14-13-23(37-24)19-9-3-5-12-22(19)33(35)36/h2-14,16,26-27H,15,17H2,1H3,(H,30,34)(H,31,38)/t26-,27+/m1/s1. The number of thiocarbonyl (C=S) groups is 1. The summed E-state index contributed by atoms with van der Waals surface area (Å²) in [5.74, 6) is 0.796. The maximum absolute atomic E-state index is 12.8. The smallest absolute Gasteiger partial charge is 0.280 e. The second-order valence-electron chi connectivity index (χ2n) is 8.91. The van der Waals surface area contributed by atoms with Gasteiger partial charge in [-0.1, -0.05) is 36.4 Å². The molecule has 38 heavy (non-hydrogen) atoms. The fourth-order valence-corrected chi connectivity index (χ4v) is 4.93. The molecule has 0 bridgehead atoms. The van der Waals surface area contributed by atoms with E-state index in [0.717, 1.165) is 16.9 Å². The molecule has 1 fully saturated rings. The van der Waals surface area contributed by atoms with Crippen LogP contribution in [0.3, 0.4) is 0 Å². The van der Waals surface area contributed by atoms with E-state index in [2.05, 4.69) is 15.6 Å². The fraction of sp³-hybridized carbons (Fsp3) is 0.179. The Morgan fingerprint density at radius 1 is 1.11 bits per heavy atom. The Labute approximate surface area is 224 Å². The zero-order valence-electron chi connectivity index (χ0n) is 20.5. The first-order valence-corrected chi connectivity index (χ1v) is 12.5. The Balaban J connectivity index is 1.43. The predicted octanol–water partition coefficient (Wildman–Crippen LogP) is 5.56. The number of para-hydroxylation sites is 2. The fourth-order valence-electron chi connectivity index (χ4n) is 4.60. The first kappa shape index (κ1) is 25.1. The number of hydrogen-bond donors (Lipinski definition) is 2.